The van der Waals surface area contributed by atoms with Crippen LogP contribution in [0.15, 0.2) is 61.2 Å². The van der Waals surface area contributed by atoms with Crippen molar-refractivity contribution in [3.63, 3.8) is 0 Å². The maximum atomic E-state index is 12.8. The summed E-state index contributed by atoms with van der Waals surface area (Å²) in [6, 6.07) is 10.7. The van der Waals surface area contributed by atoms with Crippen molar-refractivity contribution in [2.75, 3.05) is 18.5 Å². The zero-order chi connectivity index (χ0) is 19.9. The molecule has 2 rings (SSSR count). The smallest absolute Gasteiger partial charge is 0.416 e. The van der Waals surface area contributed by atoms with E-state index in [1.165, 1.54) is 30.3 Å². The van der Waals surface area contributed by atoms with Crippen molar-refractivity contribution in [1.29, 1.82) is 0 Å². The molecule has 2 aromatic carbocycles. The Hall–Kier alpha value is -3.29. The number of carbonyl (C=O) groups is 2. The van der Waals surface area contributed by atoms with Crippen LogP contribution >= 0.6 is 0 Å². The predicted octanol–water partition coefficient (Wildman–Crippen LogP) is 3.91. The molecule has 0 spiro atoms. The summed E-state index contributed by atoms with van der Waals surface area (Å²) in [5.41, 5.74) is -0.306. The van der Waals surface area contributed by atoms with Gasteiger partial charge in [-0.1, -0.05) is 24.3 Å². The van der Waals surface area contributed by atoms with Gasteiger partial charge < -0.3 is 15.4 Å². The van der Waals surface area contributed by atoms with Crippen LogP contribution in [0.5, 0.6) is 0 Å². The van der Waals surface area contributed by atoms with Gasteiger partial charge in [0.05, 0.1) is 16.8 Å². The summed E-state index contributed by atoms with van der Waals surface area (Å²) >= 11 is 0. The van der Waals surface area contributed by atoms with Crippen LogP contribution in [0.1, 0.15) is 15.9 Å². The highest BCUT2D eigenvalue weighted by atomic mass is 19.4. The van der Waals surface area contributed by atoms with Crippen LogP contribution < -0.4 is 10.6 Å². The minimum Gasteiger partial charge on any atom is -0.452 e. The predicted molar refractivity (Wildman–Crippen MR) is 94.7 cm³/mol. The Labute approximate surface area is 153 Å². The van der Waals surface area contributed by atoms with E-state index in [1.807, 2.05) is 0 Å². The van der Waals surface area contributed by atoms with Gasteiger partial charge in [0.15, 0.2) is 6.61 Å². The maximum absolute atomic E-state index is 12.8. The number of hydrogen-bond donors (Lipinski definition) is 2. The highest BCUT2D eigenvalue weighted by Crippen LogP contribution is 2.31. The van der Waals surface area contributed by atoms with Crippen molar-refractivity contribution in [3.05, 3.63) is 72.3 Å². The number of para-hydroxylation sites is 1. The van der Waals surface area contributed by atoms with E-state index in [2.05, 4.69) is 17.2 Å². The van der Waals surface area contributed by atoms with E-state index in [-0.39, 0.29) is 23.5 Å². The monoisotopic (exact) mass is 378 g/mol. The number of halogens is 3. The summed E-state index contributed by atoms with van der Waals surface area (Å²) in [7, 11) is 0. The topological polar surface area (TPSA) is 67.4 Å². The zero-order valence-corrected chi connectivity index (χ0v) is 14.2. The van der Waals surface area contributed by atoms with Crippen LogP contribution in [0, 0.1) is 0 Å². The molecule has 1 amide bonds. The second-order valence-corrected chi connectivity index (χ2v) is 5.42. The van der Waals surface area contributed by atoms with E-state index in [9.17, 15) is 22.8 Å². The first kappa shape index (κ1) is 20.0. The first-order chi connectivity index (χ1) is 12.8. The van der Waals surface area contributed by atoms with Crippen molar-refractivity contribution in [1.82, 2.24) is 5.32 Å². The van der Waals surface area contributed by atoms with Gasteiger partial charge in [0, 0.05) is 12.2 Å². The molecule has 2 aromatic rings. The van der Waals surface area contributed by atoms with Crippen molar-refractivity contribution in [2.24, 2.45) is 0 Å². The Morgan fingerprint density at radius 1 is 1.11 bits per heavy atom. The molecular weight excluding hydrogens is 361 g/mol. The highest BCUT2D eigenvalue weighted by Gasteiger charge is 2.30. The zero-order valence-electron chi connectivity index (χ0n) is 14.2. The van der Waals surface area contributed by atoms with Crippen molar-refractivity contribution in [3.8, 4) is 0 Å². The summed E-state index contributed by atoms with van der Waals surface area (Å²) in [6.45, 7) is 3.21. The van der Waals surface area contributed by atoms with Gasteiger partial charge >= 0.3 is 12.1 Å². The average molecular weight is 378 g/mol. The third-order valence-corrected chi connectivity index (χ3v) is 3.39. The number of anilines is 2. The summed E-state index contributed by atoms with van der Waals surface area (Å²) in [5, 5.41) is 5.23. The Bertz CT molecular complexity index is 835. The number of rotatable bonds is 7. The van der Waals surface area contributed by atoms with Gasteiger partial charge in [-0.15, -0.1) is 6.58 Å². The first-order valence-corrected chi connectivity index (χ1v) is 7.89. The number of hydrogen-bond acceptors (Lipinski definition) is 4. The standard InChI is InChI=1S/C19H17F3N2O3/c1-2-10-23-17(25)12-27-18(26)15-8-3-4-9-16(15)24-14-7-5-6-13(11-14)19(20,21)22/h2-9,11,24H,1,10,12H2,(H,23,25). The number of esters is 1. The largest absolute Gasteiger partial charge is 0.452 e. The molecule has 0 atom stereocenters. The molecule has 0 saturated heterocycles. The third kappa shape index (κ3) is 5.88. The van der Waals surface area contributed by atoms with E-state index in [0.29, 0.717) is 0 Å². The number of benzene rings is 2. The van der Waals surface area contributed by atoms with Crippen LogP contribution in [-0.2, 0) is 15.7 Å². The molecule has 2 N–H and O–H groups in total. The van der Waals surface area contributed by atoms with E-state index in [1.54, 1.807) is 12.1 Å². The molecule has 27 heavy (non-hydrogen) atoms. The molecule has 0 aliphatic carbocycles. The lowest BCUT2D eigenvalue weighted by Crippen LogP contribution is -2.28. The number of ether oxygens (including phenoxy) is 1. The van der Waals surface area contributed by atoms with Crippen LogP contribution in [-0.4, -0.2) is 25.0 Å². The quantitative estimate of drug-likeness (QED) is 0.566. The van der Waals surface area contributed by atoms with Gasteiger partial charge in [-0.25, -0.2) is 4.79 Å². The maximum Gasteiger partial charge on any atom is 0.416 e. The van der Waals surface area contributed by atoms with Gasteiger partial charge in [0.1, 0.15) is 0 Å². The molecule has 0 aliphatic rings. The normalized spacial score (nSPS) is 10.8. The van der Waals surface area contributed by atoms with E-state index in [0.717, 1.165) is 12.1 Å². The molecule has 0 fully saturated rings. The van der Waals surface area contributed by atoms with E-state index < -0.39 is 30.2 Å². The molecule has 142 valence electrons. The fraction of sp³-hybridized carbons (Fsp3) is 0.158. The number of carbonyl (C=O) groups excluding carboxylic acids is 2. The summed E-state index contributed by atoms with van der Waals surface area (Å²) in [6.07, 6.45) is -3.00. The highest BCUT2D eigenvalue weighted by molar-refractivity contribution is 5.97. The molecule has 5 nitrogen and oxygen atoms in total. The molecular formula is C19H17F3N2O3. The first-order valence-electron chi connectivity index (χ1n) is 7.89. The lowest BCUT2D eigenvalue weighted by molar-refractivity contribution is -0.137. The number of nitrogens with one attached hydrogen (secondary N) is 2. The number of alkyl halides is 3. The molecule has 0 unspecified atom stereocenters. The second-order valence-electron chi connectivity index (χ2n) is 5.42. The minimum absolute atomic E-state index is 0.0893. The van der Waals surface area contributed by atoms with Gasteiger partial charge in [-0.05, 0) is 30.3 Å². The molecule has 0 saturated carbocycles. The van der Waals surface area contributed by atoms with Gasteiger partial charge in [-0.3, -0.25) is 4.79 Å². The molecule has 0 radical (unpaired) electrons. The lowest BCUT2D eigenvalue weighted by atomic mass is 10.1. The van der Waals surface area contributed by atoms with Crippen molar-refractivity contribution in [2.45, 2.75) is 6.18 Å². The fourth-order valence-corrected chi connectivity index (χ4v) is 2.14. The minimum atomic E-state index is -4.48. The Morgan fingerprint density at radius 2 is 1.85 bits per heavy atom. The van der Waals surface area contributed by atoms with E-state index >= 15 is 0 Å². The van der Waals surface area contributed by atoms with Crippen LogP contribution in [0.4, 0.5) is 24.5 Å². The van der Waals surface area contributed by atoms with Crippen LogP contribution in [0.25, 0.3) is 0 Å². The van der Waals surface area contributed by atoms with Crippen LogP contribution in [0.2, 0.25) is 0 Å². The summed E-state index contributed by atoms with van der Waals surface area (Å²) in [5.74, 6) is -1.27. The van der Waals surface area contributed by atoms with Gasteiger partial charge in [0.25, 0.3) is 5.91 Å². The Morgan fingerprint density at radius 3 is 2.56 bits per heavy atom. The molecule has 8 heteroatoms. The second kappa shape index (κ2) is 8.88. The van der Waals surface area contributed by atoms with Gasteiger partial charge in [-0.2, -0.15) is 13.2 Å². The summed E-state index contributed by atoms with van der Waals surface area (Å²) < 4.78 is 43.4. The lowest BCUT2D eigenvalue weighted by Gasteiger charge is -2.13. The molecule has 0 aliphatic heterocycles. The van der Waals surface area contributed by atoms with Crippen LogP contribution in [0.3, 0.4) is 0 Å². The molecule has 0 aromatic heterocycles. The average Bonchev–Trinajstić information content (AvgIpc) is 2.64. The third-order valence-electron chi connectivity index (χ3n) is 3.39. The Balaban J connectivity index is 2.13. The molecule has 0 heterocycles. The van der Waals surface area contributed by atoms with Crippen molar-refractivity contribution >= 4 is 23.3 Å². The SMILES string of the molecule is C=CCNC(=O)COC(=O)c1ccccc1Nc1cccc(C(F)(F)F)c1. The number of amides is 1. The van der Waals surface area contributed by atoms with Gasteiger partial charge in [0.2, 0.25) is 0 Å². The fourth-order valence-electron chi connectivity index (χ4n) is 2.14. The van der Waals surface area contributed by atoms with E-state index in [4.69, 9.17) is 4.74 Å². The molecule has 0 bridgehead atoms. The Kier molecular flexibility index (Phi) is 6.59. The summed E-state index contributed by atoms with van der Waals surface area (Å²) in [4.78, 5) is 23.7. The van der Waals surface area contributed by atoms with Crippen molar-refractivity contribution < 1.29 is 27.5 Å².